The Morgan fingerprint density at radius 3 is 2.82 bits per heavy atom. The molecule has 0 aliphatic rings. The Balaban J connectivity index is 2.89. The van der Waals surface area contributed by atoms with E-state index in [0.29, 0.717) is 26.3 Å². The van der Waals surface area contributed by atoms with Gasteiger partial charge in [-0.25, -0.2) is 0 Å². The Kier molecular flexibility index (Phi) is 7.83. The molecular formula is C7H17NO3. The molecular weight excluding hydrogens is 146 g/mol. The van der Waals surface area contributed by atoms with E-state index in [9.17, 15) is 0 Å². The Labute approximate surface area is 67.2 Å². The summed E-state index contributed by atoms with van der Waals surface area (Å²) >= 11 is 0. The number of ether oxygens (including phenoxy) is 1. The predicted octanol–water partition coefficient (Wildman–Crippen LogP) is -1.03. The highest BCUT2D eigenvalue weighted by molar-refractivity contribution is 4.55. The van der Waals surface area contributed by atoms with Crippen LogP contribution >= 0.6 is 0 Å². The summed E-state index contributed by atoms with van der Waals surface area (Å²) in [6.45, 7) is 4.23. The Bertz CT molecular complexity index is 80.1. The van der Waals surface area contributed by atoms with Gasteiger partial charge in [0.1, 0.15) is 0 Å². The quantitative estimate of drug-likeness (QED) is 0.420. The molecule has 0 aromatic carbocycles. The normalized spacial score (nSPS) is 13.4. The van der Waals surface area contributed by atoms with Gasteiger partial charge in [-0.1, -0.05) is 0 Å². The molecule has 0 aromatic heterocycles. The van der Waals surface area contributed by atoms with Crippen LogP contribution in [0, 0.1) is 0 Å². The first kappa shape index (κ1) is 10.8. The van der Waals surface area contributed by atoms with Crippen molar-refractivity contribution < 1.29 is 14.9 Å². The summed E-state index contributed by atoms with van der Waals surface area (Å²) in [6, 6.07) is 0. The third-order valence-electron chi connectivity index (χ3n) is 1.22. The van der Waals surface area contributed by atoms with Gasteiger partial charge < -0.3 is 20.3 Å². The number of nitrogens with one attached hydrogen (secondary N) is 1. The molecule has 1 atom stereocenters. The highest BCUT2D eigenvalue weighted by Crippen LogP contribution is 1.76. The molecule has 11 heavy (non-hydrogen) atoms. The van der Waals surface area contributed by atoms with E-state index >= 15 is 0 Å². The number of aliphatic hydroxyl groups is 2. The lowest BCUT2D eigenvalue weighted by Crippen LogP contribution is -2.31. The summed E-state index contributed by atoms with van der Waals surface area (Å²) in [5, 5.41) is 20.2. The fourth-order valence-electron chi connectivity index (χ4n) is 0.622. The van der Waals surface area contributed by atoms with Gasteiger partial charge in [0.05, 0.1) is 19.3 Å². The lowest BCUT2D eigenvalue weighted by Gasteiger charge is -2.08. The van der Waals surface area contributed by atoms with Crippen LogP contribution in [-0.2, 0) is 4.74 Å². The van der Waals surface area contributed by atoms with Crippen molar-refractivity contribution in [1.29, 1.82) is 0 Å². The number of hydrogen-bond acceptors (Lipinski definition) is 4. The fourth-order valence-corrected chi connectivity index (χ4v) is 0.622. The Hall–Kier alpha value is -0.160. The molecule has 3 N–H and O–H groups in total. The second-order valence-corrected chi connectivity index (χ2v) is 2.24. The second-order valence-electron chi connectivity index (χ2n) is 2.24. The van der Waals surface area contributed by atoms with Crippen LogP contribution < -0.4 is 5.32 Å². The van der Waals surface area contributed by atoms with Gasteiger partial charge in [-0.2, -0.15) is 0 Å². The van der Waals surface area contributed by atoms with Crippen LogP contribution in [0.3, 0.4) is 0 Å². The van der Waals surface area contributed by atoms with Crippen molar-refractivity contribution in [2.24, 2.45) is 0 Å². The summed E-state index contributed by atoms with van der Waals surface area (Å²) in [5.74, 6) is 0. The van der Waals surface area contributed by atoms with Gasteiger partial charge in [0.2, 0.25) is 0 Å². The second kappa shape index (κ2) is 7.94. The average molecular weight is 163 g/mol. The van der Waals surface area contributed by atoms with E-state index in [4.69, 9.17) is 14.9 Å². The Morgan fingerprint density at radius 1 is 1.55 bits per heavy atom. The number of aliphatic hydroxyl groups excluding tert-OH is 2. The fraction of sp³-hybridized carbons (Fsp3) is 1.00. The van der Waals surface area contributed by atoms with E-state index in [2.05, 4.69) is 5.32 Å². The van der Waals surface area contributed by atoms with E-state index in [1.54, 1.807) is 0 Å². The molecule has 0 amide bonds. The highest BCUT2D eigenvalue weighted by Gasteiger charge is 1.98. The van der Waals surface area contributed by atoms with Crippen molar-refractivity contribution in [1.82, 2.24) is 5.32 Å². The van der Waals surface area contributed by atoms with Crippen LogP contribution in [0.4, 0.5) is 0 Å². The summed E-state index contributed by atoms with van der Waals surface area (Å²) in [4.78, 5) is 0. The SMILES string of the molecule is CCOCCNCC(O)CO. The molecule has 4 nitrogen and oxygen atoms in total. The minimum Gasteiger partial charge on any atom is -0.394 e. The molecule has 0 fully saturated rings. The third kappa shape index (κ3) is 7.74. The van der Waals surface area contributed by atoms with Gasteiger partial charge >= 0.3 is 0 Å². The molecule has 0 spiro atoms. The third-order valence-corrected chi connectivity index (χ3v) is 1.22. The molecule has 0 aliphatic carbocycles. The van der Waals surface area contributed by atoms with Crippen molar-refractivity contribution in [3.05, 3.63) is 0 Å². The van der Waals surface area contributed by atoms with Crippen molar-refractivity contribution in [2.75, 3.05) is 32.9 Å². The molecule has 0 aliphatic heterocycles. The molecule has 0 bridgehead atoms. The van der Waals surface area contributed by atoms with Crippen molar-refractivity contribution in [3.8, 4) is 0 Å². The minimum atomic E-state index is -0.656. The summed E-state index contributed by atoms with van der Waals surface area (Å²) in [7, 11) is 0. The largest absolute Gasteiger partial charge is 0.394 e. The highest BCUT2D eigenvalue weighted by atomic mass is 16.5. The van der Waals surface area contributed by atoms with Crippen LogP contribution in [0.2, 0.25) is 0 Å². The molecule has 0 radical (unpaired) electrons. The minimum absolute atomic E-state index is 0.193. The first-order chi connectivity index (χ1) is 5.31. The van der Waals surface area contributed by atoms with Crippen molar-refractivity contribution in [2.45, 2.75) is 13.0 Å². The summed E-state index contributed by atoms with van der Waals surface area (Å²) in [5.41, 5.74) is 0. The maximum Gasteiger partial charge on any atom is 0.0894 e. The summed E-state index contributed by atoms with van der Waals surface area (Å²) < 4.78 is 5.04. The summed E-state index contributed by atoms with van der Waals surface area (Å²) in [6.07, 6.45) is -0.656. The van der Waals surface area contributed by atoms with Gasteiger partial charge in [0.15, 0.2) is 0 Å². The lowest BCUT2D eigenvalue weighted by atomic mass is 10.4. The smallest absolute Gasteiger partial charge is 0.0894 e. The van der Waals surface area contributed by atoms with Gasteiger partial charge in [-0.15, -0.1) is 0 Å². The molecule has 0 saturated carbocycles. The lowest BCUT2D eigenvalue weighted by molar-refractivity contribution is 0.0900. The van der Waals surface area contributed by atoms with Gasteiger partial charge in [-0.05, 0) is 6.92 Å². The molecule has 0 heterocycles. The van der Waals surface area contributed by atoms with E-state index in [1.807, 2.05) is 6.92 Å². The number of hydrogen-bond donors (Lipinski definition) is 3. The standard InChI is InChI=1S/C7H17NO3/c1-2-11-4-3-8-5-7(10)6-9/h7-10H,2-6H2,1H3. The molecule has 0 saturated heterocycles. The first-order valence-electron chi connectivity index (χ1n) is 3.88. The maximum absolute atomic E-state index is 8.86. The van der Waals surface area contributed by atoms with Crippen molar-refractivity contribution >= 4 is 0 Å². The van der Waals surface area contributed by atoms with Gasteiger partial charge in [0, 0.05) is 19.7 Å². The van der Waals surface area contributed by atoms with E-state index in [0.717, 1.165) is 0 Å². The zero-order valence-electron chi connectivity index (χ0n) is 6.92. The topological polar surface area (TPSA) is 61.7 Å². The monoisotopic (exact) mass is 163 g/mol. The predicted molar refractivity (Wildman–Crippen MR) is 42.5 cm³/mol. The van der Waals surface area contributed by atoms with E-state index < -0.39 is 6.10 Å². The van der Waals surface area contributed by atoms with Crippen LogP contribution in [-0.4, -0.2) is 49.2 Å². The van der Waals surface area contributed by atoms with Crippen LogP contribution in [0.5, 0.6) is 0 Å². The van der Waals surface area contributed by atoms with Crippen LogP contribution in [0.15, 0.2) is 0 Å². The van der Waals surface area contributed by atoms with Crippen molar-refractivity contribution in [3.63, 3.8) is 0 Å². The average Bonchev–Trinajstić information content (AvgIpc) is 2.04. The van der Waals surface area contributed by atoms with Crippen LogP contribution in [0.25, 0.3) is 0 Å². The molecule has 68 valence electrons. The Morgan fingerprint density at radius 2 is 2.27 bits per heavy atom. The zero-order chi connectivity index (χ0) is 8.53. The molecule has 4 heteroatoms. The molecule has 1 unspecified atom stereocenters. The van der Waals surface area contributed by atoms with Crippen LogP contribution in [0.1, 0.15) is 6.92 Å². The molecule has 0 rings (SSSR count). The zero-order valence-corrected chi connectivity index (χ0v) is 6.92. The van der Waals surface area contributed by atoms with Gasteiger partial charge in [-0.3, -0.25) is 0 Å². The maximum atomic E-state index is 8.86. The molecule has 0 aromatic rings. The van der Waals surface area contributed by atoms with Gasteiger partial charge in [0.25, 0.3) is 0 Å². The van der Waals surface area contributed by atoms with E-state index in [1.165, 1.54) is 0 Å². The number of rotatable bonds is 7. The first-order valence-corrected chi connectivity index (χ1v) is 3.88. The van der Waals surface area contributed by atoms with E-state index in [-0.39, 0.29) is 6.61 Å².